The molecule has 1 amide bonds. The van der Waals surface area contributed by atoms with Crippen molar-refractivity contribution in [1.29, 1.82) is 0 Å². The minimum atomic E-state index is -0.690. The number of oxazole rings is 1. The number of nitrogens with zero attached hydrogens (tertiary/aromatic N) is 2. The van der Waals surface area contributed by atoms with E-state index in [0.717, 1.165) is 17.8 Å². The largest absolute Gasteiger partial charge is 0.420 e. The standard InChI is InChI=1S/C24H29N3O3/c1-17(27-21-14-8-9-15-22(21)30-24(27)29)23(28)25-20-13-7-6-10-18(20)16-26(2)19-11-4-3-5-12-19/h6-10,13-15,17,19H,3-5,11-12,16H2,1-2H3,(H,25,28)/t17-/m0/s1. The Hall–Kier alpha value is -2.86. The highest BCUT2D eigenvalue weighted by atomic mass is 16.4. The van der Waals surface area contributed by atoms with Crippen LogP contribution in [-0.2, 0) is 11.3 Å². The summed E-state index contributed by atoms with van der Waals surface area (Å²) >= 11 is 0. The lowest BCUT2D eigenvalue weighted by Gasteiger charge is -2.31. The summed E-state index contributed by atoms with van der Waals surface area (Å²) in [4.78, 5) is 27.7. The zero-order valence-corrected chi connectivity index (χ0v) is 17.6. The fraction of sp³-hybridized carbons (Fsp3) is 0.417. The summed E-state index contributed by atoms with van der Waals surface area (Å²) in [5, 5.41) is 3.03. The molecule has 0 radical (unpaired) electrons. The normalized spacial score (nSPS) is 16.1. The van der Waals surface area contributed by atoms with E-state index in [4.69, 9.17) is 4.42 Å². The van der Waals surface area contributed by atoms with Crippen LogP contribution in [-0.4, -0.2) is 28.5 Å². The lowest BCUT2D eigenvalue weighted by molar-refractivity contribution is -0.118. The second-order valence-electron chi connectivity index (χ2n) is 8.24. The molecule has 1 saturated carbocycles. The lowest BCUT2D eigenvalue weighted by Crippen LogP contribution is -2.33. The van der Waals surface area contributed by atoms with E-state index in [1.165, 1.54) is 36.7 Å². The van der Waals surface area contributed by atoms with Crippen LogP contribution in [0.2, 0.25) is 0 Å². The van der Waals surface area contributed by atoms with Gasteiger partial charge in [-0.1, -0.05) is 49.6 Å². The number of hydrogen-bond acceptors (Lipinski definition) is 4. The Balaban J connectivity index is 1.52. The van der Waals surface area contributed by atoms with E-state index in [9.17, 15) is 9.59 Å². The molecule has 3 aromatic rings. The predicted molar refractivity (Wildman–Crippen MR) is 119 cm³/mol. The number of amides is 1. The van der Waals surface area contributed by atoms with Gasteiger partial charge in [0.1, 0.15) is 6.04 Å². The van der Waals surface area contributed by atoms with Crippen molar-refractivity contribution in [3.05, 3.63) is 64.6 Å². The number of nitrogens with one attached hydrogen (secondary N) is 1. The van der Waals surface area contributed by atoms with E-state index in [-0.39, 0.29) is 5.91 Å². The summed E-state index contributed by atoms with van der Waals surface area (Å²) in [5.41, 5.74) is 2.97. The maximum atomic E-state index is 13.0. The Morgan fingerprint density at radius 2 is 1.83 bits per heavy atom. The summed E-state index contributed by atoms with van der Waals surface area (Å²) < 4.78 is 6.69. The zero-order valence-electron chi connectivity index (χ0n) is 17.6. The second-order valence-corrected chi connectivity index (χ2v) is 8.24. The molecule has 1 fully saturated rings. The predicted octanol–water partition coefficient (Wildman–Crippen LogP) is 4.56. The maximum Gasteiger partial charge on any atom is 0.420 e. The molecule has 30 heavy (non-hydrogen) atoms. The van der Waals surface area contributed by atoms with Crippen LogP contribution in [0.5, 0.6) is 0 Å². The van der Waals surface area contributed by atoms with Crippen LogP contribution in [0.25, 0.3) is 11.1 Å². The Morgan fingerprint density at radius 1 is 1.13 bits per heavy atom. The third-order valence-corrected chi connectivity index (χ3v) is 6.18. The Bertz CT molecular complexity index is 1080. The fourth-order valence-corrected chi connectivity index (χ4v) is 4.40. The molecule has 6 nitrogen and oxygen atoms in total. The third kappa shape index (κ3) is 4.19. The van der Waals surface area contributed by atoms with Crippen molar-refractivity contribution < 1.29 is 9.21 Å². The average Bonchev–Trinajstić information content (AvgIpc) is 3.10. The van der Waals surface area contributed by atoms with Crippen molar-refractivity contribution in [2.75, 3.05) is 12.4 Å². The number of fused-ring (bicyclic) bond motifs is 1. The molecular formula is C24H29N3O3. The van der Waals surface area contributed by atoms with Crippen molar-refractivity contribution in [3.8, 4) is 0 Å². The van der Waals surface area contributed by atoms with Gasteiger partial charge in [0.2, 0.25) is 5.91 Å². The summed E-state index contributed by atoms with van der Waals surface area (Å²) in [7, 11) is 2.16. The molecule has 0 saturated heterocycles. The van der Waals surface area contributed by atoms with Gasteiger partial charge in [-0.3, -0.25) is 14.3 Å². The Labute approximate surface area is 176 Å². The molecule has 1 heterocycles. The van der Waals surface area contributed by atoms with E-state index in [0.29, 0.717) is 17.1 Å². The van der Waals surface area contributed by atoms with Crippen molar-refractivity contribution in [2.24, 2.45) is 0 Å². The highest BCUT2D eigenvalue weighted by molar-refractivity contribution is 5.95. The highest BCUT2D eigenvalue weighted by Gasteiger charge is 2.23. The van der Waals surface area contributed by atoms with Gasteiger partial charge >= 0.3 is 5.76 Å². The summed E-state index contributed by atoms with van der Waals surface area (Å²) in [5.74, 6) is -0.763. The second kappa shape index (κ2) is 8.88. The van der Waals surface area contributed by atoms with Crippen LogP contribution < -0.4 is 11.1 Å². The molecule has 1 aliphatic carbocycles. The van der Waals surface area contributed by atoms with Gasteiger partial charge < -0.3 is 9.73 Å². The minimum Gasteiger partial charge on any atom is -0.408 e. The molecule has 1 aromatic heterocycles. The van der Waals surface area contributed by atoms with Gasteiger partial charge in [0.15, 0.2) is 5.58 Å². The molecule has 4 rings (SSSR count). The molecular weight excluding hydrogens is 378 g/mol. The first kappa shape index (κ1) is 20.4. The number of rotatable bonds is 6. The number of para-hydroxylation sites is 3. The molecule has 0 spiro atoms. The van der Waals surface area contributed by atoms with Crippen LogP contribution in [0, 0.1) is 0 Å². The van der Waals surface area contributed by atoms with E-state index < -0.39 is 11.8 Å². The van der Waals surface area contributed by atoms with Gasteiger partial charge in [-0.25, -0.2) is 4.79 Å². The van der Waals surface area contributed by atoms with Crippen LogP contribution >= 0.6 is 0 Å². The number of benzene rings is 2. The summed E-state index contributed by atoms with van der Waals surface area (Å²) in [6.07, 6.45) is 6.38. The SMILES string of the molecule is C[C@@H](C(=O)Nc1ccccc1CN(C)C1CCCCC1)n1c(=O)oc2ccccc21. The highest BCUT2D eigenvalue weighted by Crippen LogP contribution is 2.25. The molecule has 0 bridgehead atoms. The van der Waals surface area contributed by atoms with E-state index >= 15 is 0 Å². The zero-order chi connectivity index (χ0) is 21.1. The molecule has 158 valence electrons. The summed E-state index contributed by atoms with van der Waals surface area (Å²) in [6.45, 7) is 2.50. The number of anilines is 1. The topological polar surface area (TPSA) is 67.5 Å². The van der Waals surface area contributed by atoms with Crippen molar-refractivity contribution in [1.82, 2.24) is 9.47 Å². The van der Waals surface area contributed by atoms with Crippen LogP contribution in [0.1, 0.15) is 50.6 Å². The fourth-order valence-electron chi connectivity index (χ4n) is 4.40. The lowest BCUT2D eigenvalue weighted by atomic mass is 9.94. The van der Waals surface area contributed by atoms with Crippen LogP contribution in [0.4, 0.5) is 5.69 Å². The number of aromatic nitrogens is 1. The monoisotopic (exact) mass is 407 g/mol. The van der Waals surface area contributed by atoms with E-state index in [1.54, 1.807) is 25.1 Å². The van der Waals surface area contributed by atoms with E-state index in [1.807, 2.05) is 24.3 Å². The first-order chi connectivity index (χ1) is 14.5. The van der Waals surface area contributed by atoms with Crippen LogP contribution in [0.3, 0.4) is 0 Å². The first-order valence-electron chi connectivity index (χ1n) is 10.7. The Morgan fingerprint density at radius 3 is 2.63 bits per heavy atom. The van der Waals surface area contributed by atoms with Crippen molar-refractivity contribution >= 4 is 22.7 Å². The number of carbonyl (C=O) groups is 1. The smallest absolute Gasteiger partial charge is 0.408 e. The maximum absolute atomic E-state index is 13.0. The van der Waals surface area contributed by atoms with Gasteiger partial charge in [0, 0.05) is 18.3 Å². The van der Waals surface area contributed by atoms with E-state index in [2.05, 4.69) is 23.3 Å². The third-order valence-electron chi connectivity index (χ3n) is 6.18. The van der Waals surface area contributed by atoms with Crippen molar-refractivity contribution in [2.45, 2.75) is 57.7 Å². The number of carbonyl (C=O) groups excluding carboxylic acids is 1. The minimum absolute atomic E-state index is 0.239. The molecule has 1 aliphatic rings. The molecule has 1 atom stereocenters. The van der Waals surface area contributed by atoms with Gasteiger partial charge in [0.25, 0.3) is 0 Å². The molecule has 6 heteroatoms. The van der Waals surface area contributed by atoms with Gasteiger partial charge in [-0.15, -0.1) is 0 Å². The van der Waals surface area contributed by atoms with Gasteiger partial charge in [0.05, 0.1) is 5.52 Å². The number of hydrogen-bond donors (Lipinski definition) is 1. The van der Waals surface area contributed by atoms with Gasteiger partial charge in [-0.2, -0.15) is 0 Å². The molecule has 0 aliphatic heterocycles. The molecule has 1 N–H and O–H groups in total. The first-order valence-corrected chi connectivity index (χ1v) is 10.7. The quantitative estimate of drug-likeness (QED) is 0.650. The molecule has 0 unspecified atom stereocenters. The molecule has 2 aromatic carbocycles. The average molecular weight is 408 g/mol. The van der Waals surface area contributed by atoms with Crippen LogP contribution in [0.15, 0.2) is 57.7 Å². The summed E-state index contributed by atoms with van der Waals surface area (Å²) in [6, 6.07) is 15.0. The van der Waals surface area contributed by atoms with Gasteiger partial charge in [-0.05, 0) is 50.6 Å². The Kier molecular flexibility index (Phi) is 6.04. The van der Waals surface area contributed by atoms with Crippen molar-refractivity contribution in [3.63, 3.8) is 0 Å².